The first-order chi connectivity index (χ1) is 7.83. The monoisotopic (exact) mass is 239 g/mol. The Morgan fingerprint density at radius 2 is 2.24 bits per heavy atom. The van der Waals surface area contributed by atoms with Gasteiger partial charge in [-0.05, 0) is 27.2 Å². The van der Waals surface area contributed by atoms with Gasteiger partial charge in [0.25, 0.3) is 0 Å². The summed E-state index contributed by atoms with van der Waals surface area (Å²) in [6.45, 7) is 6.65. The molecule has 1 aliphatic rings. The van der Waals surface area contributed by atoms with E-state index in [4.69, 9.17) is 15.7 Å². The molecule has 0 unspecified atom stereocenters. The van der Waals surface area contributed by atoms with Gasteiger partial charge >= 0.3 is 6.09 Å². The highest BCUT2D eigenvalue weighted by molar-refractivity contribution is 5.68. The number of ether oxygens (including phenoxy) is 1. The number of hydrogen-bond donors (Lipinski definition) is 1. The minimum absolute atomic E-state index is 0.00772. The number of piperidine rings is 1. The van der Waals surface area contributed by atoms with Crippen molar-refractivity contribution in [2.75, 3.05) is 13.1 Å². The molecular formula is C12H21N3O2. The van der Waals surface area contributed by atoms with E-state index >= 15 is 0 Å². The Balaban J connectivity index is 2.56. The lowest BCUT2D eigenvalue weighted by atomic mass is 9.91. The predicted octanol–water partition coefficient (Wildman–Crippen LogP) is 1.48. The van der Waals surface area contributed by atoms with Crippen molar-refractivity contribution in [1.82, 2.24) is 4.90 Å². The van der Waals surface area contributed by atoms with Crippen LogP contribution in [0.5, 0.6) is 0 Å². The topological polar surface area (TPSA) is 79.3 Å². The van der Waals surface area contributed by atoms with Crippen LogP contribution in [0.4, 0.5) is 4.79 Å². The van der Waals surface area contributed by atoms with E-state index in [-0.39, 0.29) is 18.1 Å². The summed E-state index contributed by atoms with van der Waals surface area (Å²) in [6, 6.07) is 2.12. The van der Waals surface area contributed by atoms with E-state index in [0.29, 0.717) is 19.5 Å². The van der Waals surface area contributed by atoms with Gasteiger partial charge in [0.1, 0.15) is 5.60 Å². The molecule has 1 fully saturated rings. The molecular weight excluding hydrogens is 218 g/mol. The van der Waals surface area contributed by atoms with Gasteiger partial charge in [-0.15, -0.1) is 0 Å². The van der Waals surface area contributed by atoms with Crippen molar-refractivity contribution in [1.29, 1.82) is 5.26 Å². The molecule has 96 valence electrons. The first-order valence-electron chi connectivity index (χ1n) is 5.94. The molecule has 1 saturated heterocycles. The first kappa shape index (κ1) is 13.8. The molecule has 5 nitrogen and oxygen atoms in total. The van der Waals surface area contributed by atoms with Gasteiger partial charge in [0.05, 0.1) is 6.07 Å². The van der Waals surface area contributed by atoms with E-state index in [1.54, 1.807) is 4.90 Å². The molecule has 0 saturated carbocycles. The summed E-state index contributed by atoms with van der Waals surface area (Å²) in [5.41, 5.74) is 5.44. The summed E-state index contributed by atoms with van der Waals surface area (Å²) < 4.78 is 5.30. The van der Waals surface area contributed by atoms with E-state index in [0.717, 1.165) is 6.42 Å². The maximum absolute atomic E-state index is 11.9. The van der Waals surface area contributed by atoms with Crippen molar-refractivity contribution in [2.24, 2.45) is 11.7 Å². The summed E-state index contributed by atoms with van der Waals surface area (Å²) in [5.74, 6) is 0.0567. The third-order valence-corrected chi connectivity index (χ3v) is 2.80. The van der Waals surface area contributed by atoms with Gasteiger partial charge in [-0.3, -0.25) is 0 Å². The maximum Gasteiger partial charge on any atom is 0.410 e. The molecule has 5 heteroatoms. The number of rotatable bonds is 1. The van der Waals surface area contributed by atoms with Crippen molar-refractivity contribution >= 4 is 6.09 Å². The van der Waals surface area contributed by atoms with Crippen LogP contribution in [0.2, 0.25) is 0 Å². The van der Waals surface area contributed by atoms with Crippen molar-refractivity contribution in [3.05, 3.63) is 0 Å². The average Bonchev–Trinajstić information content (AvgIpc) is 2.19. The summed E-state index contributed by atoms with van der Waals surface area (Å²) in [7, 11) is 0. The predicted molar refractivity (Wildman–Crippen MR) is 64.1 cm³/mol. The SMILES string of the molecule is CC(C)(C)OC(=O)N1CC[C@@H](N)[C@H](CC#N)C1. The van der Waals surface area contributed by atoms with Crippen LogP contribution in [0.15, 0.2) is 0 Å². The van der Waals surface area contributed by atoms with Gasteiger partial charge in [0.15, 0.2) is 0 Å². The molecule has 1 aliphatic heterocycles. The molecule has 2 N–H and O–H groups in total. The first-order valence-corrected chi connectivity index (χ1v) is 5.94. The van der Waals surface area contributed by atoms with Gasteiger partial charge < -0.3 is 15.4 Å². The Labute approximate surface area is 103 Å². The smallest absolute Gasteiger partial charge is 0.410 e. The second-order valence-electron chi connectivity index (χ2n) is 5.50. The van der Waals surface area contributed by atoms with E-state index in [1.807, 2.05) is 20.8 Å². The van der Waals surface area contributed by atoms with E-state index in [1.165, 1.54) is 0 Å². The summed E-state index contributed by atoms with van der Waals surface area (Å²) in [6.07, 6.45) is 0.804. The zero-order valence-electron chi connectivity index (χ0n) is 10.8. The number of likely N-dealkylation sites (tertiary alicyclic amines) is 1. The van der Waals surface area contributed by atoms with Crippen LogP contribution in [0.1, 0.15) is 33.6 Å². The Morgan fingerprint density at radius 1 is 1.59 bits per heavy atom. The standard InChI is InChI=1S/C12H21N3O2/c1-12(2,3)17-11(16)15-7-5-10(14)9(8-15)4-6-13/h9-10H,4-5,7-8,14H2,1-3H3/t9-,10-/m1/s1. The quantitative estimate of drug-likeness (QED) is 0.751. The summed E-state index contributed by atoms with van der Waals surface area (Å²) >= 11 is 0. The van der Waals surface area contributed by atoms with Crippen molar-refractivity contribution in [3.8, 4) is 6.07 Å². The van der Waals surface area contributed by atoms with E-state index in [9.17, 15) is 4.79 Å². The Kier molecular flexibility index (Phi) is 4.35. The van der Waals surface area contributed by atoms with E-state index < -0.39 is 5.60 Å². The van der Waals surface area contributed by atoms with Crippen LogP contribution in [0, 0.1) is 17.2 Å². The molecule has 1 rings (SSSR count). The van der Waals surface area contributed by atoms with Crippen molar-refractivity contribution < 1.29 is 9.53 Å². The van der Waals surface area contributed by atoms with Gasteiger partial charge in [-0.25, -0.2) is 4.79 Å². The second kappa shape index (κ2) is 5.37. The number of hydrogen-bond acceptors (Lipinski definition) is 4. The van der Waals surface area contributed by atoms with Crippen LogP contribution in [-0.2, 0) is 4.74 Å². The molecule has 0 spiro atoms. The summed E-state index contributed by atoms with van der Waals surface area (Å²) in [5, 5.41) is 8.71. The molecule has 0 radical (unpaired) electrons. The van der Waals surface area contributed by atoms with Gasteiger partial charge in [-0.2, -0.15) is 5.26 Å². The fourth-order valence-electron chi connectivity index (χ4n) is 1.88. The van der Waals surface area contributed by atoms with Gasteiger partial charge in [0, 0.05) is 31.5 Å². The molecule has 2 atom stereocenters. The Hall–Kier alpha value is -1.28. The summed E-state index contributed by atoms with van der Waals surface area (Å²) in [4.78, 5) is 13.5. The van der Waals surface area contributed by atoms with Crippen molar-refractivity contribution in [2.45, 2.75) is 45.3 Å². The third kappa shape index (κ3) is 4.23. The third-order valence-electron chi connectivity index (χ3n) is 2.80. The second-order valence-corrected chi connectivity index (χ2v) is 5.50. The fraction of sp³-hybridized carbons (Fsp3) is 0.833. The molecule has 17 heavy (non-hydrogen) atoms. The van der Waals surface area contributed by atoms with Crippen LogP contribution >= 0.6 is 0 Å². The van der Waals surface area contributed by atoms with Gasteiger partial charge in [-0.1, -0.05) is 0 Å². The number of carbonyl (C=O) groups is 1. The molecule has 0 aromatic carbocycles. The fourth-order valence-corrected chi connectivity index (χ4v) is 1.88. The number of nitrogens with two attached hydrogens (primary N) is 1. The van der Waals surface area contributed by atoms with Crippen LogP contribution in [0.3, 0.4) is 0 Å². The maximum atomic E-state index is 11.9. The highest BCUT2D eigenvalue weighted by Gasteiger charge is 2.31. The molecule has 1 amide bonds. The Bertz CT molecular complexity index is 317. The van der Waals surface area contributed by atoms with Crippen molar-refractivity contribution in [3.63, 3.8) is 0 Å². The lowest BCUT2D eigenvalue weighted by Gasteiger charge is -2.36. The van der Waals surface area contributed by atoms with Crippen LogP contribution < -0.4 is 5.73 Å². The number of carbonyl (C=O) groups excluding carboxylic acids is 1. The van der Waals surface area contributed by atoms with Gasteiger partial charge in [0.2, 0.25) is 0 Å². The van der Waals surface area contributed by atoms with Crippen LogP contribution in [0.25, 0.3) is 0 Å². The molecule has 0 aromatic heterocycles. The average molecular weight is 239 g/mol. The highest BCUT2D eigenvalue weighted by atomic mass is 16.6. The normalized spacial score (nSPS) is 25.2. The number of nitrogens with zero attached hydrogens (tertiary/aromatic N) is 2. The number of amides is 1. The zero-order valence-corrected chi connectivity index (χ0v) is 10.8. The van der Waals surface area contributed by atoms with Crippen LogP contribution in [-0.4, -0.2) is 35.7 Å². The molecule has 1 heterocycles. The molecule has 0 bridgehead atoms. The highest BCUT2D eigenvalue weighted by Crippen LogP contribution is 2.20. The van der Waals surface area contributed by atoms with E-state index in [2.05, 4.69) is 6.07 Å². The molecule has 0 aromatic rings. The minimum atomic E-state index is -0.485. The minimum Gasteiger partial charge on any atom is -0.444 e. The number of nitriles is 1. The Morgan fingerprint density at radius 3 is 2.76 bits per heavy atom. The zero-order chi connectivity index (χ0) is 13.1. The lowest BCUT2D eigenvalue weighted by molar-refractivity contribution is 0.0151. The molecule has 0 aliphatic carbocycles. The lowest BCUT2D eigenvalue weighted by Crippen LogP contribution is -2.50. The largest absolute Gasteiger partial charge is 0.444 e.